The molecule has 0 spiro atoms. The van der Waals surface area contributed by atoms with Gasteiger partial charge in [-0.2, -0.15) is 0 Å². The molecule has 0 saturated carbocycles. The lowest BCUT2D eigenvalue weighted by Crippen LogP contribution is -2.30. The number of imide groups is 1. The first-order chi connectivity index (χ1) is 10.1. The average molecular weight is 297 g/mol. The van der Waals surface area contributed by atoms with Crippen LogP contribution in [0.15, 0.2) is 59.5 Å². The summed E-state index contributed by atoms with van der Waals surface area (Å²) in [6, 6.07) is 17.1. The Kier molecular flexibility index (Phi) is 3.80. The molecule has 1 fully saturated rings. The molecule has 1 aliphatic heterocycles. The van der Waals surface area contributed by atoms with Gasteiger partial charge in [0, 0.05) is 11.3 Å². The van der Waals surface area contributed by atoms with Crippen LogP contribution in [0.2, 0.25) is 0 Å². The van der Waals surface area contributed by atoms with Crippen LogP contribution in [0.25, 0.3) is 0 Å². The molecular formula is C17H15NO2S. The van der Waals surface area contributed by atoms with Crippen molar-refractivity contribution in [1.82, 2.24) is 0 Å². The van der Waals surface area contributed by atoms with Crippen LogP contribution in [0.4, 0.5) is 5.69 Å². The molecule has 4 heteroatoms. The molecule has 2 aromatic rings. The average Bonchev–Trinajstić information content (AvgIpc) is 2.77. The molecule has 106 valence electrons. The number of nitrogens with zero attached hydrogens (tertiary/aromatic N) is 1. The van der Waals surface area contributed by atoms with Crippen molar-refractivity contribution < 1.29 is 9.59 Å². The van der Waals surface area contributed by atoms with Crippen LogP contribution >= 0.6 is 11.8 Å². The van der Waals surface area contributed by atoms with Crippen molar-refractivity contribution in [1.29, 1.82) is 0 Å². The number of hydrogen-bond acceptors (Lipinski definition) is 3. The van der Waals surface area contributed by atoms with Crippen LogP contribution in [0.5, 0.6) is 0 Å². The van der Waals surface area contributed by atoms with Crippen molar-refractivity contribution in [3.05, 3.63) is 60.2 Å². The van der Waals surface area contributed by atoms with E-state index in [0.29, 0.717) is 5.69 Å². The minimum Gasteiger partial charge on any atom is -0.274 e. The largest absolute Gasteiger partial charge is 0.274 e. The molecule has 2 amide bonds. The second-order valence-corrected chi connectivity index (χ2v) is 6.30. The first-order valence-electron chi connectivity index (χ1n) is 6.80. The lowest BCUT2D eigenvalue weighted by Gasteiger charge is -2.14. The molecule has 0 aromatic heterocycles. The van der Waals surface area contributed by atoms with Crippen molar-refractivity contribution in [3.63, 3.8) is 0 Å². The van der Waals surface area contributed by atoms with Crippen LogP contribution in [0.3, 0.4) is 0 Å². The lowest BCUT2D eigenvalue weighted by molar-refractivity contribution is -0.121. The minimum atomic E-state index is -0.333. The fourth-order valence-electron chi connectivity index (χ4n) is 2.33. The molecule has 3 nitrogen and oxygen atoms in total. The second kappa shape index (κ2) is 5.74. The van der Waals surface area contributed by atoms with E-state index < -0.39 is 0 Å². The zero-order valence-corrected chi connectivity index (χ0v) is 12.5. The number of rotatable bonds is 3. The highest BCUT2D eigenvalue weighted by Gasteiger charge is 2.39. The third kappa shape index (κ3) is 2.85. The summed E-state index contributed by atoms with van der Waals surface area (Å²) in [6.45, 7) is 2.02. The van der Waals surface area contributed by atoms with E-state index in [-0.39, 0.29) is 23.5 Å². The summed E-state index contributed by atoms with van der Waals surface area (Å²) >= 11 is 1.46. The summed E-state index contributed by atoms with van der Waals surface area (Å²) in [6.07, 6.45) is 0.256. The fraction of sp³-hybridized carbons (Fsp3) is 0.176. The van der Waals surface area contributed by atoms with Crippen molar-refractivity contribution >= 4 is 29.3 Å². The van der Waals surface area contributed by atoms with Gasteiger partial charge in [0.15, 0.2) is 0 Å². The predicted molar refractivity (Wildman–Crippen MR) is 84.4 cm³/mol. The summed E-state index contributed by atoms with van der Waals surface area (Å²) in [4.78, 5) is 26.9. The van der Waals surface area contributed by atoms with Crippen LogP contribution in [-0.4, -0.2) is 17.1 Å². The molecule has 1 unspecified atom stereocenters. The van der Waals surface area contributed by atoms with Crippen LogP contribution in [-0.2, 0) is 9.59 Å². The smallest absolute Gasteiger partial charge is 0.247 e. The molecule has 0 bridgehead atoms. The fourth-order valence-corrected chi connectivity index (χ4v) is 3.38. The lowest BCUT2D eigenvalue weighted by atomic mass is 10.2. The highest BCUT2D eigenvalue weighted by molar-refractivity contribution is 8.00. The normalized spacial score (nSPS) is 18.3. The number of thioether (sulfide) groups is 1. The number of amides is 2. The van der Waals surface area contributed by atoms with Gasteiger partial charge in [0.25, 0.3) is 0 Å². The van der Waals surface area contributed by atoms with Gasteiger partial charge in [-0.15, -0.1) is 11.8 Å². The summed E-state index contributed by atoms with van der Waals surface area (Å²) in [5.41, 5.74) is 1.83. The van der Waals surface area contributed by atoms with Crippen LogP contribution in [0.1, 0.15) is 12.0 Å². The Bertz CT molecular complexity index is 667. The van der Waals surface area contributed by atoms with Gasteiger partial charge in [0.2, 0.25) is 11.8 Å². The molecule has 3 rings (SSSR count). The molecule has 1 atom stereocenters. The van der Waals surface area contributed by atoms with E-state index in [9.17, 15) is 9.59 Å². The van der Waals surface area contributed by atoms with Crippen LogP contribution < -0.4 is 4.90 Å². The quantitative estimate of drug-likeness (QED) is 0.815. The second-order valence-electron chi connectivity index (χ2n) is 5.03. The molecule has 0 radical (unpaired) electrons. The van der Waals surface area contributed by atoms with Crippen molar-refractivity contribution in [2.24, 2.45) is 0 Å². The van der Waals surface area contributed by atoms with E-state index in [1.807, 2.05) is 49.4 Å². The first-order valence-corrected chi connectivity index (χ1v) is 7.68. The van der Waals surface area contributed by atoms with Crippen molar-refractivity contribution in [2.75, 3.05) is 4.90 Å². The van der Waals surface area contributed by atoms with Gasteiger partial charge < -0.3 is 0 Å². The SMILES string of the molecule is Cc1ccc(SC2CC(=O)N(c3ccccc3)C2=O)cc1. The highest BCUT2D eigenvalue weighted by atomic mass is 32.2. The highest BCUT2D eigenvalue weighted by Crippen LogP contribution is 2.33. The number of carbonyl (C=O) groups is 2. The summed E-state index contributed by atoms with van der Waals surface area (Å²) in [7, 11) is 0. The number of benzene rings is 2. The van der Waals surface area contributed by atoms with E-state index in [0.717, 1.165) is 4.90 Å². The van der Waals surface area contributed by atoms with Gasteiger partial charge >= 0.3 is 0 Å². The molecule has 1 aliphatic rings. The van der Waals surface area contributed by atoms with Crippen LogP contribution in [0, 0.1) is 6.92 Å². The number of anilines is 1. The van der Waals surface area contributed by atoms with Gasteiger partial charge in [0.1, 0.15) is 0 Å². The number of aryl methyl sites for hydroxylation is 1. The van der Waals surface area contributed by atoms with Gasteiger partial charge in [-0.05, 0) is 31.2 Å². The maximum Gasteiger partial charge on any atom is 0.247 e. The zero-order chi connectivity index (χ0) is 14.8. The standard InChI is InChI=1S/C17H15NO2S/c1-12-7-9-14(10-8-12)21-15-11-16(19)18(17(15)20)13-5-3-2-4-6-13/h2-10,15H,11H2,1H3. The topological polar surface area (TPSA) is 37.4 Å². The minimum absolute atomic E-state index is 0.128. The van der Waals surface area contributed by atoms with E-state index in [1.165, 1.54) is 22.2 Å². The molecule has 0 aliphatic carbocycles. The predicted octanol–water partition coefficient (Wildman–Crippen LogP) is 3.42. The van der Waals surface area contributed by atoms with E-state index in [2.05, 4.69) is 0 Å². The maximum atomic E-state index is 12.5. The van der Waals surface area contributed by atoms with Gasteiger partial charge in [-0.25, -0.2) is 4.90 Å². The third-order valence-electron chi connectivity index (χ3n) is 3.42. The molecule has 1 heterocycles. The molecular weight excluding hydrogens is 282 g/mol. The third-order valence-corrected chi connectivity index (χ3v) is 4.62. The van der Waals surface area contributed by atoms with E-state index in [4.69, 9.17) is 0 Å². The maximum absolute atomic E-state index is 12.5. The Morgan fingerprint density at radius 2 is 1.67 bits per heavy atom. The Morgan fingerprint density at radius 3 is 2.33 bits per heavy atom. The van der Waals surface area contributed by atoms with Gasteiger partial charge in [0.05, 0.1) is 10.9 Å². The zero-order valence-electron chi connectivity index (χ0n) is 11.7. The number of para-hydroxylation sites is 1. The Hall–Kier alpha value is -2.07. The van der Waals surface area contributed by atoms with Gasteiger partial charge in [-0.3, -0.25) is 9.59 Å². The Morgan fingerprint density at radius 1 is 1.00 bits per heavy atom. The van der Waals surface area contributed by atoms with Crippen molar-refractivity contribution in [3.8, 4) is 0 Å². The van der Waals surface area contributed by atoms with E-state index in [1.54, 1.807) is 12.1 Å². The number of carbonyl (C=O) groups excluding carboxylic acids is 2. The molecule has 2 aromatic carbocycles. The monoisotopic (exact) mass is 297 g/mol. The summed E-state index contributed by atoms with van der Waals surface area (Å²) in [5.74, 6) is -0.257. The van der Waals surface area contributed by atoms with Gasteiger partial charge in [-0.1, -0.05) is 35.9 Å². The Labute approximate surface area is 128 Å². The molecule has 0 N–H and O–H groups in total. The molecule has 1 saturated heterocycles. The van der Waals surface area contributed by atoms with Crippen molar-refractivity contribution in [2.45, 2.75) is 23.5 Å². The summed E-state index contributed by atoms with van der Waals surface area (Å²) in [5, 5.41) is -0.333. The number of hydrogen-bond donors (Lipinski definition) is 0. The van der Waals surface area contributed by atoms with E-state index >= 15 is 0 Å². The molecule has 21 heavy (non-hydrogen) atoms. The summed E-state index contributed by atoms with van der Waals surface area (Å²) < 4.78 is 0. The first kappa shape index (κ1) is 13.9. The Balaban J connectivity index is 1.79.